The summed E-state index contributed by atoms with van der Waals surface area (Å²) < 4.78 is 38.6. The molecule has 1 aromatic heterocycles. The van der Waals surface area contributed by atoms with E-state index in [1.165, 1.54) is 21.3 Å². The topological polar surface area (TPSA) is 91.9 Å². The molecule has 1 N–H and O–H groups in total. The highest BCUT2D eigenvalue weighted by atomic mass is 32.2. The zero-order valence-electron chi connectivity index (χ0n) is 18.3. The molecule has 0 aliphatic carbocycles. The number of ether oxygens (including phenoxy) is 2. The summed E-state index contributed by atoms with van der Waals surface area (Å²) in [6.45, 7) is 2.22. The van der Waals surface area contributed by atoms with Crippen molar-refractivity contribution in [2.24, 2.45) is 0 Å². The van der Waals surface area contributed by atoms with Crippen LogP contribution < -0.4 is 9.47 Å². The predicted octanol–water partition coefficient (Wildman–Crippen LogP) is 2.79. The molecule has 2 aliphatic rings. The Bertz CT molecular complexity index is 1260. The van der Waals surface area contributed by atoms with E-state index < -0.39 is 10.0 Å². The van der Waals surface area contributed by atoms with Gasteiger partial charge in [0, 0.05) is 55.8 Å². The van der Waals surface area contributed by atoms with Gasteiger partial charge in [0.25, 0.3) is 0 Å². The highest BCUT2D eigenvalue weighted by Gasteiger charge is 2.31. The van der Waals surface area contributed by atoms with Gasteiger partial charge in [0.15, 0.2) is 11.5 Å². The van der Waals surface area contributed by atoms with E-state index in [1.807, 2.05) is 24.4 Å². The molecule has 2 aromatic carbocycles. The predicted molar refractivity (Wildman–Crippen MR) is 124 cm³/mol. The highest BCUT2D eigenvalue weighted by Crippen LogP contribution is 2.33. The fraction of sp³-hybridized carbons (Fsp3) is 0.375. The van der Waals surface area contributed by atoms with Gasteiger partial charge < -0.3 is 19.4 Å². The molecule has 1 saturated heterocycles. The van der Waals surface area contributed by atoms with E-state index in [1.54, 1.807) is 17.0 Å². The van der Waals surface area contributed by atoms with Gasteiger partial charge in [-0.05, 0) is 36.6 Å². The van der Waals surface area contributed by atoms with Crippen LogP contribution in [0.2, 0.25) is 0 Å². The fourth-order valence-corrected chi connectivity index (χ4v) is 5.88. The van der Waals surface area contributed by atoms with Crippen LogP contribution in [-0.2, 0) is 21.2 Å². The van der Waals surface area contributed by atoms with Gasteiger partial charge in [-0.15, -0.1) is 0 Å². The molecule has 0 radical (unpaired) electrons. The van der Waals surface area contributed by atoms with Crippen molar-refractivity contribution in [1.82, 2.24) is 14.2 Å². The second-order valence-electron chi connectivity index (χ2n) is 8.30. The maximum atomic E-state index is 13.1. The van der Waals surface area contributed by atoms with Gasteiger partial charge in [0.1, 0.15) is 13.2 Å². The number of aromatic amines is 1. The van der Waals surface area contributed by atoms with Crippen molar-refractivity contribution >= 4 is 26.8 Å². The number of fused-ring (bicyclic) bond motifs is 2. The summed E-state index contributed by atoms with van der Waals surface area (Å²) in [5.41, 5.74) is 2.32. The highest BCUT2D eigenvalue weighted by molar-refractivity contribution is 7.89. The first-order chi connectivity index (χ1) is 16.0. The van der Waals surface area contributed by atoms with Crippen LogP contribution in [-0.4, -0.2) is 67.9 Å². The van der Waals surface area contributed by atoms with Crippen molar-refractivity contribution in [3.8, 4) is 11.5 Å². The van der Waals surface area contributed by atoms with Gasteiger partial charge >= 0.3 is 0 Å². The third kappa shape index (κ3) is 4.43. The Morgan fingerprint density at radius 2 is 1.73 bits per heavy atom. The minimum absolute atomic E-state index is 0.0752. The number of amides is 1. The number of sulfonamides is 1. The summed E-state index contributed by atoms with van der Waals surface area (Å²) in [4.78, 5) is 17.9. The van der Waals surface area contributed by atoms with Crippen LogP contribution in [0.3, 0.4) is 0 Å². The Balaban J connectivity index is 1.14. The first kappa shape index (κ1) is 21.8. The van der Waals surface area contributed by atoms with Gasteiger partial charge in [0.2, 0.25) is 15.9 Å². The molecule has 8 nitrogen and oxygen atoms in total. The smallest absolute Gasteiger partial charge is 0.243 e. The number of carbonyl (C=O) groups excluding carboxylic acids is 1. The van der Waals surface area contributed by atoms with Crippen molar-refractivity contribution in [3.05, 3.63) is 54.2 Å². The third-order valence-electron chi connectivity index (χ3n) is 6.25. The van der Waals surface area contributed by atoms with Gasteiger partial charge in [0.05, 0.1) is 4.90 Å². The fourth-order valence-electron chi connectivity index (χ4n) is 4.44. The summed E-state index contributed by atoms with van der Waals surface area (Å²) in [7, 11) is -3.66. The summed E-state index contributed by atoms with van der Waals surface area (Å²) in [6.07, 6.45) is 4.05. The Kier molecular flexibility index (Phi) is 5.99. The van der Waals surface area contributed by atoms with Crippen molar-refractivity contribution < 1.29 is 22.7 Å². The minimum Gasteiger partial charge on any atom is -0.486 e. The Labute approximate surface area is 193 Å². The van der Waals surface area contributed by atoms with E-state index >= 15 is 0 Å². The minimum atomic E-state index is -3.66. The van der Waals surface area contributed by atoms with Crippen molar-refractivity contribution in [3.63, 3.8) is 0 Å². The number of rotatable bonds is 6. The van der Waals surface area contributed by atoms with E-state index in [2.05, 4.69) is 11.1 Å². The molecule has 0 saturated carbocycles. The summed E-state index contributed by atoms with van der Waals surface area (Å²) >= 11 is 0. The lowest BCUT2D eigenvalue weighted by atomic mass is 10.1. The van der Waals surface area contributed by atoms with Gasteiger partial charge in [-0.1, -0.05) is 18.2 Å². The summed E-state index contributed by atoms with van der Waals surface area (Å²) in [6, 6.07) is 12.8. The van der Waals surface area contributed by atoms with Crippen LogP contribution in [0.5, 0.6) is 11.5 Å². The van der Waals surface area contributed by atoms with E-state index in [0.29, 0.717) is 44.2 Å². The molecule has 174 valence electrons. The van der Waals surface area contributed by atoms with E-state index in [9.17, 15) is 13.2 Å². The van der Waals surface area contributed by atoms with E-state index in [4.69, 9.17) is 9.47 Å². The molecular formula is C24H27N3O5S. The van der Waals surface area contributed by atoms with Crippen LogP contribution in [0.4, 0.5) is 0 Å². The van der Waals surface area contributed by atoms with Crippen LogP contribution in [0.1, 0.15) is 18.4 Å². The molecule has 2 aliphatic heterocycles. The number of hydrogen-bond acceptors (Lipinski definition) is 5. The number of benzene rings is 2. The zero-order valence-corrected chi connectivity index (χ0v) is 19.1. The second kappa shape index (κ2) is 9.07. The number of para-hydroxylation sites is 1. The number of hydrogen-bond donors (Lipinski definition) is 1. The molecule has 1 fully saturated rings. The number of aromatic nitrogens is 1. The number of piperazine rings is 1. The average Bonchev–Trinajstić information content (AvgIpc) is 3.27. The lowest BCUT2D eigenvalue weighted by molar-refractivity contribution is -0.132. The van der Waals surface area contributed by atoms with Crippen LogP contribution in [0.25, 0.3) is 10.9 Å². The first-order valence-corrected chi connectivity index (χ1v) is 12.7. The number of H-pyrrole nitrogens is 1. The maximum absolute atomic E-state index is 13.1. The standard InChI is InChI=1S/C24H27N3O5S/c28-24(7-3-4-18-17-25-21-6-2-1-5-20(18)21)26-10-12-27(13-11-26)33(29,30)19-8-9-22-23(16-19)32-15-14-31-22/h1-2,5-6,8-9,16-17,25H,3-4,7,10-15H2. The molecule has 1 amide bonds. The Morgan fingerprint density at radius 1 is 0.970 bits per heavy atom. The van der Waals surface area contributed by atoms with Crippen molar-refractivity contribution in [1.29, 1.82) is 0 Å². The molecule has 5 rings (SSSR count). The van der Waals surface area contributed by atoms with E-state index in [0.717, 1.165) is 18.4 Å². The molecule has 3 aromatic rings. The molecule has 0 unspecified atom stereocenters. The largest absolute Gasteiger partial charge is 0.486 e. The Morgan fingerprint density at radius 3 is 2.55 bits per heavy atom. The molecular weight excluding hydrogens is 442 g/mol. The Hall–Kier alpha value is -3.04. The summed E-state index contributed by atoms with van der Waals surface area (Å²) in [5.74, 6) is 1.08. The van der Waals surface area contributed by atoms with Crippen molar-refractivity contribution in [2.75, 3.05) is 39.4 Å². The first-order valence-electron chi connectivity index (χ1n) is 11.2. The van der Waals surface area contributed by atoms with E-state index in [-0.39, 0.29) is 23.9 Å². The lowest BCUT2D eigenvalue weighted by Crippen LogP contribution is -2.50. The lowest BCUT2D eigenvalue weighted by Gasteiger charge is -2.34. The maximum Gasteiger partial charge on any atom is 0.243 e. The number of nitrogens with one attached hydrogen (secondary N) is 1. The van der Waals surface area contributed by atoms with Crippen LogP contribution in [0.15, 0.2) is 53.6 Å². The molecule has 0 spiro atoms. The molecule has 0 bridgehead atoms. The number of aryl methyl sites for hydroxylation is 1. The monoisotopic (exact) mass is 469 g/mol. The zero-order chi connectivity index (χ0) is 22.8. The van der Waals surface area contributed by atoms with Gasteiger partial charge in [-0.25, -0.2) is 8.42 Å². The number of carbonyl (C=O) groups is 1. The van der Waals surface area contributed by atoms with Crippen LogP contribution >= 0.6 is 0 Å². The average molecular weight is 470 g/mol. The normalized spacial score (nSPS) is 16.8. The number of nitrogens with zero attached hydrogens (tertiary/aromatic N) is 2. The second-order valence-corrected chi connectivity index (χ2v) is 10.2. The molecule has 9 heteroatoms. The molecule has 0 atom stereocenters. The third-order valence-corrected chi connectivity index (χ3v) is 8.15. The summed E-state index contributed by atoms with van der Waals surface area (Å²) in [5, 5.41) is 1.20. The van der Waals surface area contributed by atoms with Gasteiger partial charge in [-0.2, -0.15) is 4.31 Å². The molecule has 3 heterocycles. The van der Waals surface area contributed by atoms with Gasteiger partial charge in [-0.3, -0.25) is 4.79 Å². The SMILES string of the molecule is O=C(CCCc1c[nH]c2ccccc12)N1CCN(S(=O)(=O)c2ccc3c(c2)OCCO3)CC1. The molecule has 33 heavy (non-hydrogen) atoms. The van der Waals surface area contributed by atoms with Crippen molar-refractivity contribution in [2.45, 2.75) is 24.2 Å². The quantitative estimate of drug-likeness (QED) is 0.599. The van der Waals surface area contributed by atoms with Crippen LogP contribution in [0, 0.1) is 0 Å².